The molecule has 0 aromatic heterocycles. The molecule has 302 valence electrons. The van der Waals surface area contributed by atoms with Crippen molar-refractivity contribution in [3.05, 3.63) is 94.8 Å². The molecule has 0 saturated heterocycles. The first-order valence-corrected chi connectivity index (χ1v) is 18.0. The van der Waals surface area contributed by atoms with Crippen LogP contribution in [0.3, 0.4) is 0 Å². The lowest BCUT2D eigenvalue weighted by Gasteiger charge is -2.30. The van der Waals surface area contributed by atoms with Gasteiger partial charge < -0.3 is 25.6 Å². The van der Waals surface area contributed by atoms with Crippen molar-refractivity contribution in [3.63, 3.8) is 0 Å². The summed E-state index contributed by atoms with van der Waals surface area (Å²) in [5, 5.41) is 12.5. The summed E-state index contributed by atoms with van der Waals surface area (Å²) in [5.41, 5.74) is 5.59. The van der Waals surface area contributed by atoms with Crippen molar-refractivity contribution in [1.29, 1.82) is 0 Å². The van der Waals surface area contributed by atoms with Crippen LogP contribution in [-0.4, -0.2) is 69.4 Å². The van der Waals surface area contributed by atoms with E-state index >= 15 is 0 Å². The molecule has 1 heterocycles. The van der Waals surface area contributed by atoms with Gasteiger partial charge in [0.2, 0.25) is 18.0 Å². The van der Waals surface area contributed by atoms with E-state index in [1.807, 2.05) is 0 Å². The Hall–Kier alpha value is -5.33. The number of carboxylic acid groups (broad SMARTS) is 1. The van der Waals surface area contributed by atoms with E-state index in [9.17, 15) is 59.6 Å². The summed E-state index contributed by atoms with van der Waals surface area (Å²) in [7, 11) is -5.00. The minimum absolute atomic E-state index is 0.0128. The molecule has 0 aliphatic carbocycles. The first kappa shape index (κ1) is 43.4. The Morgan fingerprint density at radius 3 is 2.07 bits per heavy atom. The molecule has 21 heteroatoms. The summed E-state index contributed by atoms with van der Waals surface area (Å²) >= 11 is 0. The number of hydrogen-bond donors (Lipinski definition) is 5. The summed E-state index contributed by atoms with van der Waals surface area (Å²) in [6, 6.07) is 13.6. The molecular weight excluding hydrogens is 784 g/mol. The van der Waals surface area contributed by atoms with Crippen LogP contribution in [0.1, 0.15) is 53.9 Å². The zero-order valence-corrected chi connectivity index (χ0v) is 29.9. The average Bonchev–Trinajstić information content (AvgIpc) is 3.18. The van der Waals surface area contributed by atoms with Gasteiger partial charge in [0.05, 0.1) is 17.3 Å². The van der Waals surface area contributed by atoms with Gasteiger partial charge in [-0.1, -0.05) is 42.5 Å². The number of nitrogens with two attached hydrogens (primary N) is 1. The molecule has 13 nitrogen and oxygen atoms in total. The number of alkyl halides is 6. The standard InChI is InChI=1S/C35H34F7N4O9P/c1-18-4-2-7-25-27(20-5-3-6-21(36)16-20)44-30(45-31(48)24(13-15-35(40,41)42)23(29(43)47)12-14-34(37,38)39)32(49)46(28(18)25)17-26(33(50)51)19-8-10-22(11-9-19)55-56(52,53)54/h2-11,16,23-24,26,30H,12-15,17H2,1H3,(H2,43,47)(H,45,48)(H,50,51)(H2,52,53,54)/t23-,24+,26?,30+/m0/s1. The number of carbonyl (C=O) groups is 4. The highest BCUT2D eigenvalue weighted by Crippen LogP contribution is 2.39. The number of carboxylic acids is 1. The summed E-state index contributed by atoms with van der Waals surface area (Å²) < 4.78 is 110. The molecule has 4 atom stereocenters. The maximum Gasteiger partial charge on any atom is 0.524 e. The van der Waals surface area contributed by atoms with Crippen molar-refractivity contribution in [2.75, 3.05) is 11.4 Å². The van der Waals surface area contributed by atoms with E-state index < -0.39 is 106 Å². The van der Waals surface area contributed by atoms with E-state index in [0.29, 0.717) is 5.56 Å². The first-order chi connectivity index (χ1) is 25.9. The number of rotatable bonds is 15. The number of carbonyl (C=O) groups excluding carboxylic acids is 3. The molecule has 0 fully saturated rings. The van der Waals surface area contributed by atoms with Gasteiger partial charge in [0, 0.05) is 42.3 Å². The number of aryl methyl sites for hydroxylation is 1. The third-order valence-electron chi connectivity index (χ3n) is 8.73. The van der Waals surface area contributed by atoms with E-state index in [0.717, 1.165) is 41.3 Å². The maximum absolute atomic E-state index is 14.6. The number of benzodiazepines with no additional fused rings is 1. The molecule has 0 bridgehead atoms. The minimum atomic E-state index is -5.00. The van der Waals surface area contributed by atoms with Gasteiger partial charge in [0.1, 0.15) is 11.6 Å². The largest absolute Gasteiger partial charge is 0.524 e. The number of anilines is 1. The van der Waals surface area contributed by atoms with Crippen LogP contribution in [0.5, 0.6) is 5.75 Å². The minimum Gasteiger partial charge on any atom is -0.481 e. The Morgan fingerprint density at radius 1 is 0.946 bits per heavy atom. The second kappa shape index (κ2) is 17.2. The highest BCUT2D eigenvalue weighted by molar-refractivity contribution is 7.46. The van der Waals surface area contributed by atoms with Crippen LogP contribution in [0, 0.1) is 24.6 Å². The molecule has 3 aromatic rings. The van der Waals surface area contributed by atoms with Crippen LogP contribution in [0.15, 0.2) is 71.7 Å². The van der Waals surface area contributed by atoms with Crippen molar-refractivity contribution >= 4 is 42.9 Å². The molecule has 4 rings (SSSR count). The normalized spacial score (nSPS) is 16.5. The number of amides is 3. The van der Waals surface area contributed by atoms with Gasteiger partial charge in [-0.15, -0.1) is 0 Å². The highest BCUT2D eigenvalue weighted by Gasteiger charge is 2.42. The maximum atomic E-state index is 14.6. The number of primary amides is 1. The first-order valence-electron chi connectivity index (χ1n) is 16.5. The number of aliphatic carboxylic acids is 1. The topological polar surface area (TPSA) is 209 Å². The van der Waals surface area contributed by atoms with Crippen LogP contribution in [0.2, 0.25) is 0 Å². The van der Waals surface area contributed by atoms with Gasteiger partial charge in [0.25, 0.3) is 5.91 Å². The predicted molar refractivity (Wildman–Crippen MR) is 184 cm³/mol. The van der Waals surface area contributed by atoms with Gasteiger partial charge >= 0.3 is 26.1 Å². The molecule has 0 spiro atoms. The Morgan fingerprint density at radius 2 is 1.54 bits per heavy atom. The molecule has 0 saturated carbocycles. The second-order valence-electron chi connectivity index (χ2n) is 12.8. The summed E-state index contributed by atoms with van der Waals surface area (Å²) in [6.45, 7) is 0.784. The van der Waals surface area contributed by atoms with Crippen LogP contribution in [0.25, 0.3) is 0 Å². The Labute approximate surface area is 313 Å². The fourth-order valence-corrected chi connectivity index (χ4v) is 6.60. The molecule has 6 N–H and O–H groups in total. The van der Waals surface area contributed by atoms with Gasteiger partial charge in [0.15, 0.2) is 0 Å². The van der Waals surface area contributed by atoms with Crippen molar-refractivity contribution < 1.29 is 73.9 Å². The number of phosphoric acid groups is 1. The number of nitrogens with one attached hydrogen (secondary N) is 1. The molecule has 1 unspecified atom stereocenters. The summed E-state index contributed by atoms with van der Waals surface area (Å²) in [6.07, 6.45) is -17.8. The Balaban J connectivity index is 1.86. The van der Waals surface area contributed by atoms with E-state index in [1.54, 1.807) is 0 Å². The van der Waals surface area contributed by atoms with Gasteiger partial charge in [-0.3, -0.25) is 29.0 Å². The predicted octanol–water partition coefficient (Wildman–Crippen LogP) is 5.50. The number of phosphoric ester groups is 1. The van der Waals surface area contributed by atoms with E-state index in [4.69, 9.17) is 15.5 Å². The number of fused-ring (bicyclic) bond motifs is 1. The quantitative estimate of drug-likeness (QED) is 0.0967. The summed E-state index contributed by atoms with van der Waals surface area (Å²) in [4.78, 5) is 77.0. The van der Waals surface area contributed by atoms with Crippen LogP contribution >= 0.6 is 7.82 Å². The molecular formula is C35H34F7N4O9P. The van der Waals surface area contributed by atoms with Gasteiger partial charge in [-0.05, 0) is 55.2 Å². The molecule has 3 amide bonds. The van der Waals surface area contributed by atoms with Gasteiger partial charge in [-0.2, -0.15) is 26.3 Å². The van der Waals surface area contributed by atoms with Crippen LogP contribution in [0.4, 0.5) is 36.4 Å². The van der Waals surface area contributed by atoms with Crippen molar-refractivity contribution in [3.8, 4) is 5.75 Å². The number of nitrogens with zero attached hydrogens (tertiary/aromatic N) is 2. The van der Waals surface area contributed by atoms with E-state index in [1.165, 1.54) is 37.3 Å². The zero-order chi connectivity index (χ0) is 41.7. The fourth-order valence-electron chi connectivity index (χ4n) is 6.20. The number of benzene rings is 3. The molecule has 0 radical (unpaired) electrons. The number of aliphatic imine (C=N–C) groups is 1. The van der Waals surface area contributed by atoms with Crippen LogP contribution in [-0.2, 0) is 23.7 Å². The van der Waals surface area contributed by atoms with Crippen molar-refractivity contribution in [2.45, 2.75) is 57.0 Å². The second-order valence-corrected chi connectivity index (χ2v) is 13.9. The van der Waals surface area contributed by atoms with Crippen molar-refractivity contribution in [2.24, 2.45) is 22.6 Å². The lowest BCUT2D eigenvalue weighted by molar-refractivity contribution is -0.152. The smallest absolute Gasteiger partial charge is 0.481 e. The zero-order valence-electron chi connectivity index (χ0n) is 29.1. The highest BCUT2D eigenvalue weighted by atomic mass is 31.2. The molecule has 1 aliphatic rings. The molecule has 56 heavy (non-hydrogen) atoms. The van der Waals surface area contributed by atoms with Gasteiger partial charge in [-0.25, -0.2) is 13.9 Å². The van der Waals surface area contributed by atoms with E-state index in [2.05, 4.69) is 14.8 Å². The lowest BCUT2D eigenvalue weighted by Crippen LogP contribution is -2.52. The fraction of sp³-hybridized carbons (Fsp3) is 0.343. The average molecular weight is 819 g/mol. The summed E-state index contributed by atoms with van der Waals surface area (Å²) in [5.74, 6) is -12.7. The SMILES string of the molecule is Cc1cccc2c1N(CC(C(=O)O)c1ccc(OP(=O)(O)O)cc1)C(=O)[C@@H](NC(=O)[C@H](CCC(F)(F)F)[C@H](CCC(F)(F)F)C(N)=O)N=C2c1cccc(F)c1. The third-order valence-corrected chi connectivity index (χ3v) is 9.18. The number of para-hydroxylation sites is 1. The third kappa shape index (κ3) is 11.6. The van der Waals surface area contributed by atoms with Crippen LogP contribution < -0.4 is 20.5 Å². The Bertz CT molecular complexity index is 2040. The molecule has 1 aliphatic heterocycles. The number of halogens is 7. The lowest BCUT2D eigenvalue weighted by atomic mass is 9.83. The molecule has 3 aromatic carbocycles. The number of hydrogen-bond acceptors (Lipinski definition) is 7. The monoisotopic (exact) mass is 818 g/mol. The Kier molecular flexibility index (Phi) is 13.3. The van der Waals surface area contributed by atoms with Crippen molar-refractivity contribution in [1.82, 2.24) is 5.32 Å². The van der Waals surface area contributed by atoms with E-state index in [-0.39, 0.29) is 33.8 Å².